The lowest BCUT2D eigenvalue weighted by molar-refractivity contribution is -0.299. The first kappa shape index (κ1) is 15.3. The van der Waals surface area contributed by atoms with Crippen LogP contribution in [0.3, 0.4) is 0 Å². The number of carboxylic acid groups (broad SMARTS) is 1. The zero-order valence-electron chi connectivity index (χ0n) is 11.7. The van der Waals surface area contributed by atoms with E-state index in [1.807, 2.05) is 30.3 Å². The van der Waals surface area contributed by atoms with E-state index in [1.54, 1.807) is 42.5 Å². The number of benzene rings is 2. The second kappa shape index (κ2) is 7.59. The number of carboxylic acids is 1. The van der Waals surface area contributed by atoms with Gasteiger partial charge in [-0.2, -0.15) is 0 Å². The maximum atomic E-state index is 11.9. The van der Waals surface area contributed by atoms with Crippen LogP contribution >= 0.6 is 0 Å². The molecular weight excluding hydrogens is 278 g/mol. The molecule has 0 fully saturated rings. The Bertz CT molecular complexity index is 704. The van der Waals surface area contributed by atoms with Crippen molar-refractivity contribution in [3.05, 3.63) is 89.6 Å². The number of carbonyl (C=O) groups is 2. The van der Waals surface area contributed by atoms with Crippen LogP contribution in [-0.4, -0.2) is 11.9 Å². The maximum Gasteiger partial charge on any atom is 0.255 e. The molecule has 0 aliphatic rings. The third kappa shape index (κ3) is 4.45. The summed E-state index contributed by atoms with van der Waals surface area (Å²) in [6.45, 7) is 0. The second-order valence-electron chi connectivity index (χ2n) is 4.46. The van der Waals surface area contributed by atoms with Gasteiger partial charge >= 0.3 is 0 Å². The Morgan fingerprint density at radius 3 is 2.09 bits per heavy atom. The predicted molar refractivity (Wildman–Crippen MR) is 82.5 cm³/mol. The zero-order chi connectivity index (χ0) is 15.8. The highest BCUT2D eigenvalue weighted by Crippen LogP contribution is 2.03. The zero-order valence-corrected chi connectivity index (χ0v) is 11.7. The van der Waals surface area contributed by atoms with Crippen molar-refractivity contribution in [2.24, 2.45) is 0 Å². The van der Waals surface area contributed by atoms with E-state index in [2.05, 4.69) is 5.32 Å². The fraction of sp³-hybridized carbons (Fsp3) is 0. The minimum atomic E-state index is -1.44. The van der Waals surface area contributed by atoms with Gasteiger partial charge in [-0.3, -0.25) is 4.79 Å². The Hall–Kier alpha value is -3.14. The molecule has 2 rings (SSSR count). The first-order valence-corrected chi connectivity index (χ1v) is 6.68. The number of carbonyl (C=O) groups excluding carboxylic acids is 2. The number of amides is 1. The Morgan fingerprint density at radius 2 is 1.50 bits per heavy atom. The summed E-state index contributed by atoms with van der Waals surface area (Å²) in [4.78, 5) is 23.0. The van der Waals surface area contributed by atoms with E-state index in [4.69, 9.17) is 0 Å². The molecule has 4 heteroatoms. The Morgan fingerprint density at radius 1 is 0.909 bits per heavy atom. The lowest BCUT2D eigenvalue weighted by Gasteiger charge is -2.10. The monoisotopic (exact) mass is 292 g/mol. The number of hydrogen-bond acceptors (Lipinski definition) is 3. The summed E-state index contributed by atoms with van der Waals surface area (Å²) < 4.78 is 0. The minimum Gasteiger partial charge on any atom is -0.543 e. The van der Waals surface area contributed by atoms with E-state index in [-0.39, 0.29) is 5.70 Å². The third-order valence-electron chi connectivity index (χ3n) is 2.86. The van der Waals surface area contributed by atoms with Crippen LogP contribution in [0.4, 0.5) is 0 Å². The van der Waals surface area contributed by atoms with Gasteiger partial charge in [0.05, 0.1) is 11.7 Å². The van der Waals surface area contributed by atoms with Crippen LogP contribution in [0.2, 0.25) is 0 Å². The molecule has 0 bridgehead atoms. The maximum absolute atomic E-state index is 11.9. The summed E-state index contributed by atoms with van der Waals surface area (Å²) in [6, 6.07) is 17.8. The molecule has 0 atom stereocenters. The first-order valence-electron chi connectivity index (χ1n) is 6.68. The molecular formula is C18H14NO3-. The number of rotatable bonds is 5. The highest BCUT2D eigenvalue weighted by Gasteiger charge is 2.06. The van der Waals surface area contributed by atoms with Gasteiger partial charge in [-0.05, 0) is 23.8 Å². The predicted octanol–water partition coefficient (Wildman–Crippen LogP) is 1.76. The Balaban J connectivity index is 2.10. The topological polar surface area (TPSA) is 69.2 Å². The molecule has 0 radical (unpaired) electrons. The highest BCUT2D eigenvalue weighted by molar-refractivity contribution is 6.00. The van der Waals surface area contributed by atoms with Crippen LogP contribution in [-0.2, 0) is 4.79 Å². The lowest BCUT2D eigenvalue weighted by Crippen LogP contribution is -2.35. The molecule has 0 aromatic heterocycles. The van der Waals surface area contributed by atoms with Gasteiger partial charge in [0.15, 0.2) is 0 Å². The summed E-state index contributed by atoms with van der Waals surface area (Å²) in [7, 11) is 0. The van der Waals surface area contributed by atoms with Crippen LogP contribution in [0.5, 0.6) is 0 Å². The normalized spacial score (nSPS) is 11.4. The average Bonchev–Trinajstić information content (AvgIpc) is 2.55. The van der Waals surface area contributed by atoms with Crippen LogP contribution < -0.4 is 10.4 Å². The molecule has 0 aliphatic carbocycles. The average molecular weight is 292 g/mol. The van der Waals surface area contributed by atoms with Crippen molar-refractivity contribution in [3.63, 3.8) is 0 Å². The summed E-state index contributed by atoms with van der Waals surface area (Å²) in [5.74, 6) is -1.94. The molecule has 1 amide bonds. The van der Waals surface area contributed by atoms with Crippen molar-refractivity contribution < 1.29 is 14.7 Å². The molecule has 0 aliphatic heterocycles. The Kier molecular flexibility index (Phi) is 5.26. The fourth-order valence-corrected chi connectivity index (χ4v) is 1.76. The molecule has 0 heterocycles. The molecule has 0 spiro atoms. The van der Waals surface area contributed by atoms with Gasteiger partial charge in [-0.25, -0.2) is 0 Å². The van der Waals surface area contributed by atoms with Gasteiger partial charge in [-0.1, -0.05) is 60.7 Å². The molecule has 0 saturated heterocycles. The summed E-state index contributed by atoms with van der Waals surface area (Å²) in [5, 5.41) is 13.4. The summed E-state index contributed by atoms with van der Waals surface area (Å²) in [6.07, 6.45) is 4.58. The second-order valence-corrected chi connectivity index (χ2v) is 4.46. The first-order chi connectivity index (χ1) is 10.7. The van der Waals surface area contributed by atoms with Crippen molar-refractivity contribution >= 4 is 18.0 Å². The largest absolute Gasteiger partial charge is 0.543 e. The van der Waals surface area contributed by atoms with E-state index < -0.39 is 11.9 Å². The van der Waals surface area contributed by atoms with Gasteiger partial charge in [-0.15, -0.1) is 0 Å². The van der Waals surface area contributed by atoms with E-state index >= 15 is 0 Å². The number of aliphatic carboxylic acids is 1. The minimum absolute atomic E-state index is 0.291. The van der Waals surface area contributed by atoms with Crippen LogP contribution in [0.15, 0.2) is 78.5 Å². The standard InChI is InChI=1S/C18H15NO3/c20-17(15-11-5-2-6-12-15)19-16(18(21)22)13-7-10-14-8-3-1-4-9-14/h1-13H,(H,19,20)(H,21,22)/p-1/b10-7+,16-13-. The number of allylic oxidation sites excluding steroid dienone is 2. The van der Waals surface area contributed by atoms with Crippen LogP contribution in [0.1, 0.15) is 15.9 Å². The van der Waals surface area contributed by atoms with Crippen molar-refractivity contribution in [1.29, 1.82) is 0 Å². The SMILES string of the molecule is O=C([O-])/C(=C/C=C/c1ccccc1)NC(=O)c1ccccc1. The van der Waals surface area contributed by atoms with Crippen molar-refractivity contribution in [3.8, 4) is 0 Å². The molecule has 110 valence electrons. The molecule has 2 aromatic rings. The van der Waals surface area contributed by atoms with Crippen LogP contribution in [0, 0.1) is 0 Å². The van der Waals surface area contributed by atoms with Gasteiger partial charge in [0.1, 0.15) is 0 Å². The van der Waals surface area contributed by atoms with E-state index in [0.717, 1.165) is 5.56 Å². The van der Waals surface area contributed by atoms with Crippen LogP contribution in [0.25, 0.3) is 6.08 Å². The number of hydrogen-bond donors (Lipinski definition) is 1. The van der Waals surface area contributed by atoms with Crippen molar-refractivity contribution in [1.82, 2.24) is 5.32 Å². The Labute approximate surface area is 128 Å². The van der Waals surface area contributed by atoms with E-state index in [0.29, 0.717) is 5.56 Å². The van der Waals surface area contributed by atoms with Gasteiger partial charge in [0, 0.05) is 5.56 Å². The highest BCUT2D eigenvalue weighted by atomic mass is 16.4. The van der Waals surface area contributed by atoms with Gasteiger partial charge in [0.25, 0.3) is 5.91 Å². The summed E-state index contributed by atoms with van der Waals surface area (Å²) >= 11 is 0. The molecule has 0 saturated carbocycles. The molecule has 22 heavy (non-hydrogen) atoms. The molecule has 1 N–H and O–H groups in total. The fourth-order valence-electron chi connectivity index (χ4n) is 1.76. The molecule has 4 nitrogen and oxygen atoms in total. The molecule has 2 aromatic carbocycles. The third-order valence-corrected chi connectivity index (χ3v) is 2.86. The number of nitrogens with one attached hydrogen (secondary N) is 1. The quantitative estimate of drug-likeness (QED) is 0.674. The lowest BCUT2D eigenvalue weighted by atomic mass is 10.2. The van der Waals surface area contributed by atoms with Crippen molar-refractivity contribution in [2.75, 3.05) is 0 Å². The smallest absolute Gasteiger partial charge is 0.255 e. The van der Waals surface area contributed by atoms with E-state index in [9.17, 15) is 14.7 Å². The van der Waals surface area contributed by atoms with Gasteiger partial charge < -0.3 is 15.2 Å². The van der Waals surface area contributed by atoms with Gasteiger partial charge in [0.2, 0.25) is 0 Å². The van der Waals surface area contributed by atoms with Crippen molar-refractivity contribution in [2.45, 2.75) is 0 Å². The summed E-state index contributed by atoms with van der Waals surface area (Å²) in [5.41, 5.74) is 1.01. The van der Waals surface area contributed by atoms with E-state index in [1.165, 1.54) is 6.08 Å². The molecule has 0 unspecified atom stereocenters.